The van der Waals surface area contributed by atoms with E-state index < -0.39 is 0 Å². The van der Waals surface area contributed by atoms with Crippen LogP contribution in [0.5, 0.6) is 5.75 Å². The van der Waals surface area contributed by atoms with Crippen LogP contribution >= 0.6 is 39.9 Å². The van der Waals surface area contributed by atoms with Gasteiger partial charge >= 0.3 is 0 Å². The highest BCUT2D eigenvalue weighted by Crippen LogP contribution is 2.37. The van der Waals surface area contributed by atoms with E-state index in [0.29, 0.717) is 0 Å². The van der Waals surface area contributed by atoms with Crippen LogP contribution in [0.25, 0.3) is 10.1 Å². The van der Waals surface area contributed by atoms with E-state index in [1.165, 1.54) is 10.1 Å². The van der Waals surface area contributed by atoms with Crippen molar-refractivity contribution in [3.63, 3.8) is 0 Å². The topological polar surface area (TPSA) is 9.23 Å². The highest BCUT2D eigenvalue weighted by atomic mass is 79.9. The van der Waals surface area contributed by atoms with Gasteiger partial charge in [0.15, 0.2) is 0 Å². The average Bonchev–Trinajstić information content (AvgIpc) is 2.68. The second-order valence-electron chi connectivity index (χ2n) is 2.88. The number of alkyl halides is 1. The Morgan fingerprint density at radius 2 is 2.36 bits per heavy atom. The van der Waals surface area contributed by atoms with E-state index in [-0.39, 0.29) is 0 Å². The Morgan fingerprint density at radius 3 is 3.00 bits per heavy atom. The van der Waals surface area contributed by atoms with E-state index in [2.05, 4.69) is 40.0 Å². The fourth-order valence-corrected chi connectivity index (χ4v) is 3.37. The molecule has 0 saturated carbocycles. The molecule has 1 aromatic carbocycles. The zero-order chi connectivity index (χ0) is 10.1. The van der Waals surface area contributed by atoms with Crippen molar-refractivity contribution in [2.45, 2.75) is 10.2 Å². The van der Waals surface area contributed by atoms with Crippen LogP contribution in [-0.4, -0.2) is 7.11 Å². The summed E-state index contributed by atoms with van der Waals surface area (Å²) in [5.41, 5.74) is 1.16. The predicted molar refractivity (Wildman–Crippen MR) is 68.3 cm³/mol. The van der Waals surface area contributed by atoms with Gasteiger partial charge in [-0.15, -0.1) is 24.0 Å². The molecular weight excluding hydrogens is 280 g/mol. The standard InChI is InChI=1S/C10H9BrOS2/c1-12-8-4-6(5-11)9(13)7-2-3-14-10(7)8/h2-4,13H,5H2,1H3. The van der Waals surface area contributed by atoms with Crippen LogP contribution in [0.3, 0.4) is 0 Å². The lowest BCUT2D eigenvalue weighted by Crippen LogP contribution is -1.87. The number of halogens is 1. The number of benzene rings is 1. The van der Waals surface area contributed by atoms with E-state index in [4.69, 9.17) is 4.74 Å². The highest BCUT2D eigenvalue weighted by molar-refractivity contribution is 9.08. The van der Waals surface area contributed by atoms with Gasteiger partial charge in [-0.05, 0) is 23.1 Å². The Morgan fingerprint density at radius 1 is 1.57 bits per heavy atom. The fraction of sp³-hybridized carbons (Fsp3) is 0.200. The van der Waals surface area contributed by atoms with Gasteiger partial charge in [0.25, 0.3) is 0 Å². The lowest BCUT2D eigenvalue weighted by atomic mass is 10.2. The second-order valence-corrected chi connectivity index (χ2v) is 4.81. The van der Waals surface area contributed by atoms with E-state index in [1.54, 1.807) is 18.4 Å². The zero-order valence-electron chi connectivity index (χ0n) is 7.58. The fourth-order valence-electron chi connectivity index (χ4n) is 1.41. The van der Waals surface area contributed by atoms with Gasteiger partial charge in [0.1, 0.15) is 5.75 Å². The molecule has 0 bridgehead atoms. The Bertz CT molecular complexity index is 464. The van der Waals surface area contributed by atoms with Crippen molar-refractivity contribution in [2.24, 2.45) is 0 Å². The molecule has 0 unspecified atom stereocenters. The molecular formula is C10H9BrOS2. The number of methoxy groups -OCH3 is 1. The molecule has 1 aromatic heterocycles. The molecule has 1 nitrogen and oxygen atoms in total. The molecule has 0 atom stereocenters. The maximum absolute atomic E-state index is 5.34. The summed E-state index contributed by atoms with van der Waals surface area (Å²) in [5.74, 6) is 0.933. The average molecular weight is 289 g/mol. The maximum atomic E-state index is 5.34. The van der Waals surface area contributed by atoms with Crippen molar-refractivity contribution in [2.75, 3.05) is 7.11 Å². The van der Waals surface area contributed by atoms with Gasteiger partial charge in [-0.3, -0.25) is 0 Å². The molecule has 0 saturated heterocycles. The summed E-state index contributed by atoms with van der Waals surface area (Å²) in [6.07, 6.45) is 0. The normalized spacial score (nSPS) is 10.8. The lowest BCUT2D eigenvalue weighted by Gasteiger charge is -2.07. The number of rotatable bonds is 2. The predicted octanol–water partition coefficient (Wildman–Crippen LogP) is 4.09. The maximum Gasteiger partial charge on any atom is 0.137 e. The zero-order valence-corrected chi connectivity index (χ0v) is 10.9. The third-order valence-corrected chi connectivity index (χ3v) is 4.18. The first-order valence-corrected chi connectivity index (χ1v) is 6.54. The van der Waals surface area contributed by atoms with Gasteiger partial charge in [0.2, 0.25) is 0 Å². The minimum absolute atomic E-state index is 0.800. The van der Waals surface area contributed by atoms with Gasteiger partial charge in [0.05, 0.1) is 11.8 Å². The molecule has 74 valence electrons. The van der Waals surface area contributed by atoms with Crippen LogP contribution in [0.15, 0.2) is 22.4 Å². The van der Waals surface area contributed by atoms with Crippen LogP contribution in [0.2, 0.25) is 0 Å². The lowest BCUT2D eigenvalue weighted by molar-refractivity contribution is 0.420. The number of thiophene rings is 1. The molecule has 4 heteroatoms. The van der Waals surface area contributed by atoms with Crippen molar-refractivity contribution >= 4 is 50.0 Å². The quantitative estimate of drug-likeness (QED) is 0.647. The number of hydrogen-bond acceptors (Lipinski definition) is 3. The number of ether oxygens (including phenoxy) is 1. The summed E-state index contributed by atoms with van der Waals surface area (Å²) in [5, 5.41) is 4.03. The van der Waals surface area contributed by atoms with Crippen LogP contribution in [-0.2, 0) is 5.33 Å². The molecule has 14 heavy (non-hydrogen) atoms. The third kappa shape index (κ3) is 1.55. The van der Waals surface area contributed by atoms with Gasteiger partial charge in [0, 0.05) is 15.6 Å². The summed E-state index contributed by atoms with van der Waals surface area (Å²) in [6.45, 7) is 0. The highest BCUT2D eigenvalue weighted by Gasteiger charge is 2.10. The van der Waals surface area contributed by atoms with Gasteiger partial charge in [-0.1, -0.05) is 15.9 Å². The molecule has 0 aliphatic carbocycles. The summed E-state index contributed by atoms with van der Waals surface area (Å²) in [4.78, 5) is 1.04. The summed E-state index contributed by atoms with van der Waals surface area (Å²) < 4.78 is 6.51. The minimum Gasteiger partial charge on any atom is -0.495 e. The molecule has 2 aromatic rings. The first kappa shape index (κ1) is 10.3. The Balaban J connectivity index is 2.80. The molecule has 1 heterocycles. The Hall–Kier alpha value is -0.190. The summed E-state index contributed by atoms with van der Waals surface area (Å²) in [7, 11) is 1.70. The molecule has 0 amide bonds. The molecule has 0 radical (unpaired) electrons. The van der Waals surface area contributed by atoms with Crippen LogP contribution in [0.1, 0.15) is 5.56 Å². The molecule has 0 aliphatic rings. The minimum atomic E-state index is 0.800. The number of hydrogen-bond donors (Lipinski definition) is 1. The molecule has 0 N–H and O–H groups in total. The van der Waals surface area contributed by atoms with Crippen molar-refractivity contribution in [3.05, 3.63) is 23.1 Å². The summed E-state index contributed by atoms with van der Waals surface area (Å²) >= 11 is 9.64. The van der Waals surface area contributed by atoms with E-state index >= 15 is 0 Å². The van der Waals surface area contributed by atoms with Crippen molar-refractivity contribution in [1.29, 1.82) is 0 Å². The summed E-state index contributed by atoms with van der Waals surface area (Å²) in [6, 6.07) is 4.12. The van der Waals surface area contributed by atoms with Crippen LogP contribution in [0, 0.1) is 0 Å². The monoisotopic (exact) mass is 288 g/mol. The molecule has 2 rings (SSSR count). The van der Waals surface area contributed by atoms with Crippen molar-refractivity contribution in [3.8, 4) is 5.75 Å². The van der Waals surface area contributed by atoms with Gasteiger partial charge in [-0.25, -0.2) is 0 Å². The second kappa shape index (κ2) is 4.13. The smallest absolute Gasteiger partial charge is 0.137 e. The number of thiol groups is 1. The van der Waals surface area contributed by atoms with Gasteiger partial charge in [-0.2, -0.15) is 0 Å². The van der Waals surface area contributed by atoms with E-state index in [1.807, 2.05) is 6.07 Å². The van der Waals surface area contributed by atoms with Gasteiger partial charge < -0.3 is 4.74 Å². The SMILES string of the molecule is COc1cc(CBr)c(S)c2ccsc12. The molecule has 0 spiro atoms. The van der Waals surface area contributed by atoms with E-state index in [9.17, 15) is 0 Å². The van der Waals surface area contributed by atoms with Crippen LogP contribution < -0.4 is 4.74 Å². The van der Waals surface area contributed by atoms with Crippen LogP contribution in [0.4, 0.5) is 0 Å². The Labute approximate surface area is 101 Å². The first-order chi connectivity index (χ1) is 6.77. The third-order valence-electron chi connectivity index (χ3n) is 2.12. The van der Waals surface area contributed by atoms with Crippen molar-refractivity contribution < 1.29 is 4.74 Å². The largest absolute Gasteiger partial charge is 0.495 e. The number of fused-ring (bicyclic) bond motifs is 1. The first-order valence-electron chi connectivity index (χ1n) is 4.10. The van der Waals surface area contributed by atoms with E-state index in [0.717, 1.165) is 21.5 Å². The molecule has 0 fully saturated rings. The Kier molecular flexibility index (Phi) is 3.04. The van der Waals surface area contributed by atoms with Crippen molar-refractivity contribution in [1.82, 2.24) is 0 Å². The molecule has 0 aliphatic heterocycles.